The number of nitrogens with zero attached hydrogens (tertiary/aromatic N) is 3. The van der Waals surface area contributed by atoms with E-state index < -0.39 is 41.0 Å². The van der Waals surface area contributed by atoms with Crippen molar-refractivity contribution in [2.24, 2.45) is 11.7 Å². The van der Waals surface area contributed by atoms with Gasteiger partial charge in [0.15, 0.2) is 0 Å². The standard InChI is InChI=1S/C30H26ClF4N5O5/c1-29(27(36)42)12-45-25-17(29)8-22(38-24(25)16-7-18(31)20(33)9-19(16)32)30(43,15-3-4-15)11-37-26(41)13-5-14-10-40(28(34)35)39-23(14)21(6-13)44-2/h5-10,15,28,43H,3-4,11-12H2,1-2H3,(H2,36,42)(H,37,41)/t29-,30+/m0/s1. The van der Waals surface area contributed by atoms with Gasteiger partial charge in [0, 0.05) is 34.3 Å². The van der Waals surface area contributed by atoms with Gasteiger partial charge in [0.25, 0.3) is 5.91 Å². The fourth-order valence-electron chi connectivity index (χ4n) is 5.53. The van der Waals surface area contributed by atoms with E-state index in [1.165, 1.54) is 32.2 Å². The SMILES string of the molecule is COc1cc(C(=O)NC[C@](O)(c2cc3c(c(-c4cc(Cl)c(F)cc4F)n2)OC[C@]3(C)C(N)=O)C2CC2)cc2cn(C(F)F)nc12. The van der Waals surface area contributed by atoms with Gasteiger partial charge in [0.2, 0.25) is 5.91 Å². The molecule has 0 unspecified atom stereocenters. The second kappa shape index (κ2) is 10.9. The van der Waals surface area contributed by atoms with Crippen molar-refractivity contribution in [1.82, 2.24) is 20.1 Å². The first kappa shape index (κ1) is 30.6. The Kier molecular flexibility index (Phi) is 7.39. The molecule has 4 N–H and O–H groups in total. The van der Waals surface area contributed by atoms with Crippen LogP contribution in [0.25, 0.3) is 22.2 Å². The van der Waals surface area contributed by atoms with Gasteiger partial charge in [0.05, 0.1) is 24.4 Å². The molecular formula is C30H26ClF4N5O5. The van der Waals surface area contributed by atoms with Crippen LogP contribution in [-0.2, 0) is 15.8 Å². The van der Waals surface area contributed by atoms with E-state index in [4.69, 9.17) is 26.8 Å². The van der Waals surface area contributed by atoms with E-state index in [-0.39, 0.29) is 74.6 Å². The minimum Gasteiger partial charge on any atom is -0.494 e. The molecule has 45 heavy (non-hydrogen) atoms. The summed E-state index contributed by atoms with van der Waals surface area (Å²) in [6, 6.07) is 5.75. The summed E-state index contributed by atoms with van der Waals surface area (Å²) >= 11 is 5.97. The van der Waals surface area contributed by atoms with Crippen molar-refractivity contribution in [2.75, 3.05) is 20.3 Å². The molecule has 2 aliphatic rings. The van der Waals surface area contributed by atoms with Crippen LogP contribution in [0, 0.1) is 17.6 Å². The highest BCUT2D eigenvalue weighted by molar-refractivity contribution is 6.31. The first-order chi connectivity index (χ1) is 21.3. The number of nitrogens with two attached hydrogens (primary N) is 1. The number of methoxy groups -OCH3 is 1. The highest BCUT2D eigenvalue weighted by Gasteiger charge is 2.50. The van der Waals surface area contributed by atoms with Crippen molar-refractivity contribution in [1.29, 1.82) is 0 Å². The number of benzene rings is 2. The lowest BCUT2D eigenvalue weighted by Crippen LogP contribution is -2.44. The predicted molar refractivity (Wildman–Crippen MR) is 153 cm³/mol. The minimum atomic E-state index is -2.90. The molecule has 0 bridgehead atoms. The molecule has 236 valence electrons. The molecule has 2 aromatic heterocycles. The number of alkyl halides is 2. The maximum Gasteiger partial charge on any atom is 0.333 e. The number of aliphatic hydroxyl groups is 1. The Labute approximate surface area is 258 Å². The molecule has 1 aliphatic heterocycles. The van der Waals surface area contributed by atoms with Crippen molar-refractivity contribution in [3.05, 3.63) is 70.0 Å². The molecule has 10 nitrogen and oxygen atoms in total. The molecule has 2 atom stereocenters. The highest BCUT2D eigenvalue weighted by Crippen LogP contribution is 2.50. The zero-order valence-electron chi connectivity index (χ0n) is 23.8. The quantitative estimate of drug-likeness (QED) is 0.178. The number of aromatic nitrogens is 3. The molecule has 3 heterocycles. The molecule has 2 amide bonds. The zero-order chi connectivity index (χ0) is 32.4. The monoisotopic (exact) mass is 647 g/mol. The van der Waals surface area contributed by atoms with E-state index in [1.807, 2.05) is 0 Å². The number of hydrogen-bond donors (Lipinski definition) is 3. The topological polar surface area (TPSA) is 142 Å². The van der Waals surface area contributed by atoms with Gasteiger partial charge in [-0.1, -0.05) is 11.6 Å². The zero-order valence-corrected chi connectivity index (χ0v) is 24.6. The summed E-state index contributed by atoms with van der Waals surface area (Å²) in [5.74, 6) is -3.70. The number of carbonyl (C=O) groups excluding carboxylic acids is 2. The van der Waals surface area contributed by atoms with Crippen molar-refractivity contribution in [3.8, 4) is 22.8 Å². The maximum atomic E-state index is 15.1. The van der Waals surface area contributed by atoms with Gasteiger partial charge in [-0.05, 0) is 49.9 Å². The Morgan fingerprint density at radius 2 is 1.98 bits per heavy atom. The van der Waals surface area contributed by atoms with E-state index in [1.54, 1.807) is 0 Å². The normalized spacial score (nSPS) is 18.9. The molecule has 15 heteroatoms. The van der Waals surface area contributed by atoms with Crippen LogP contribution in [-0.4, -0.2) is 51.9 Å². The first-order valence-corrected chi connectivity index (χ1v) is 14.1. The summed E-state index contributed by atoms with van der Waals surface area (Å²) in [5, 5.41) is 18.4. The third-order valence-corrected chi connectivity index (χ3v) is 8.66. The average molecular weight is 648 g/mol. The number of fused-ring (bicyclic) bond motifs is 2. The van der Waals surface area contributed by atoms with Crippen molar-refractivity contribution >= 4 is 34.3 Å². The lowest BCUT2D eigenvalue weighted by Gasteiger charge is -2.30. The Morgan fingerprint density at radius 3 is 2.62 bits per heavy atom. The molecule has 1 fully saturated rings. The number of carbonyl (C=O) groups is 2. The third kappa shape index (κ3) is 5.11. The predicted octanol–water partition coefficient (Wildman–Crippen LogP) is 4.60. The maximum absolute atomic E-state index is 15.1. The fourth-order valence-corrected chi connectivity index (χ4v) is 5.69. The highest BCUT2D eigenvalue weighted by atomic mass is 35.5. The van der Waals surface area contributed by atoms with Gasteiger partial charge in [0.1, 0.15) is 52.0 Å². The number of nitrogens with one attached hydrogen (secondary N) is 1. The number of ether oxygens (including phenoxy) is 2. The number of pyridine rings is 1. The summed E-state index contributed by atoms with van der Waals surface area (Å²) in [4.78, 5) is 30.4. The fraction of sp³-hybridized carbons (Fsp3) is 0.333. The second-order valence-corrected chi connectivity index (χ2v) is 11.8. The average Bonchev–Trinajstić information content (AvgIpc) is 3.68. The number of amides is 2. The second-order valence-electron chi connectivity index (χ2n) is 11.3. The molecule has 2 aromatic carbocycles. The summed E-state index contributed by atoms with van der Waals surface area (Å²) in [7, 11) is 1.31. The molecule has 1 aliphatic carbocycles. The lowest BCUT2D eigenvalue weighted by atomic mass is 9.81. The smallest absolute Gasteiger partial charge is 0.333 e. The number of rotatable bonds is 9. The Bertz CT molecular complexity index is 1880. The van der Waals surface area contributed by atoms with E-state index >= 15 is 4.39 Å². The van der Waals surface area contributed by atoms with Crippen LogP contribution < -0.4 is 20.5 Å². The van der Waals surface area contributed by atoms with E-state index in [0.717, 1.165) is 12.3 Å². The van der Waals surface area contributed by atoms with Crippen LogP contribution in [0.15, 0.2) is 36.5 Å². The van der Waals surface area contributed by atoms with Gasteiger partial charge in [-0.25, -0.2) is 18.4 Å². The van der Waals surface area contributed by atoms with Crippen molar-refractivity contribution in [2.45, 2.75) is 37.3 Å². The van der Waals surface area contributed by atoms with E-state index in [2.05, 4.69) is 15.4 Å². The van der Waals surface area contributed by atoms with Crippen LogP contribution in [0.1, 0.15) is 47.9 Å². The van der Waals surface area contributed by atoms with Crippen LogP contribution >= 0.6 is 11.6 Å². The number of hydrogen-bond acceptors (Lipinski definition) is 7. The molecule has 0 saturated heterocycles. The molecule has 0 spiro atoms. The minimum absolute atomic E-state index is 0.0110. The molecule has 0 radical (unpaired) electrons. The lowest BCUT2D eigenvalue weighted by molar-refractivity contribution is -0.123. The Morgan fingerprint density at radius 1 is 1.24 bits per heavy atom. The van der Waals surface area contributed by atoms with Crippen LogP contribution in [0.4, 0.5) is 17.6 Å². The number of halogens is 5. The largest absolute Gasteiger partial charge is 0.494 e. The van der Waals surface area contributed by atoms with Gasteiger partial charge in [-0.2, -0.15) is 13.9 Å². The molecule has 4 aromatic rings. The molecule has 6 rings (SSSR count). The van der Waals surface area contributed by atoms with Crippen LogP contribution in [0.2, 0.25) is 5.02 Å². The summed E-state index contributed by atoms with van der Waals surface area (Å²) in [6.07, 6.45) is 2.20. The van der Waals surface area contributed by atoms with Gasteiger partial charge < -0.3 is 25.6 Å². The van der Waals surface area contributed by atoms with Crippen LogP contribution in [0.5, 0.6) is 11.5 Å². The summed E-state index contributed by atoms with van der Waals surface area (Å²) < 4.78 is 67.1. The van der Waals surface area contributed by atoms with Crippen LogP contribution in [0.3, 0.4) is 0 Å². The number of primary amides is 1. The van der Waals surface area contributed by atoms with E-state index in [9.17, 15) is 27.9 Å². The first-order valence-electron chi connectivity index (χ1n) is 13.8. The molecular weight excluding hydrogens is 622 g/mol. The van der Waals surface area contributed by atoms with E-state index in [0.29, 0.717) is 23.6 Å². The van der Waals surface area contributed by atoms with Gasteiger partial charge in [-0.3, -0.25) is 9.59 Å². The molecule has 1 saturated carbocycles. The summed E-state index contributed by atoms with van der Waals surface area (Å²) in [6.45, 7) is -1.95. The van der Waals surface area contributed by atoms with Gasteiger partial charge >= 0.3 is 6.55 Å². The Balaban J connectivity index is 1.41. The van der Waals surface area contributed by atoms with Crippen molar-refractivity contribution < 1.29 is 41.7 Å². The van der Waals surface area contributed by atoms with Gasteiger partial charge in [-0.15, -0.1) is 0 Å². The third-order valence-electron chi connectivity index (χ3n) is 8.37. The van der Waals surface area contributed by atoms with Crippen molar-refractivity contribution in [3.63, 3.8) is 0 Å². The summed E-state index contributed by atoms with van der Waals surface area (Å²) in [5.41, 5.74) is 2.54. The Hall–Kier alpha value is -4.43.